The summed E-state index contributed by atoms with van der Waals surface area (Å²) in [4.78, 5) is 14.9. The van der Waals surface area contributed by atoms with Crippen molar-refractivity contribution in [1.29, 1.82) is 0 Å². The number of likely N-dealkylation sites (tertiary alicyclic amines) is 1. The van der Waals surface area contributed by atoms with Crippen LogP contribution in [0.4, 0.5) is 4.39 Å². The Morgan fingerprint density at radius 1 is 1.00 bits per heavy atom. The Morgan fingerprint density at radius 2 is 1.74 bits per heavy atom. The normalized spacial score (nSPS) is 23.2. The standard InChI is InChI=1S/C27H33FN2O/c1-20-5-2-3-8-26(20)22-15-17-30(18-16-22)25-12-10-24(11-13-25)29-27(31)14-9-21-6-4-7-23(28)19-21/h2-9,14,19,22,24-25H,10-13,15-18H2,1H3,(H,29,31)/b14-9+. The van der Waals surface area contributed by atoms with E-state index in [0.29, 0.717) is 17.5 Å². The molecule has 2 fully saturated rings. The van der Waals surface area contributed by atoms with Crippen LogP contribution in [0.25, 0.3) is 6.08 Å². The number of amides is 1. The summed E-state index contributed by atoms with van der Waals surface area (Å²) in [6, 6.07) is 16.0. The van der Waals surface area contributed by atoms with Gasteiger partial charge < -0.3 is 10.2 Å². The maximum Gasteiger partial charge on any atom is 0.244 e. The first-order valence-corrected chi connectivity index (χ1v) is 11.6. The van der Waals surface area contributed by atoms with Crippen molar-refractivity contribution in [1.82, 2.24) is 10.2 Å². The fourth-order valence-corrected chi connectivity index (χ4v) is 5.24. The number of hydrogen-bond acceptors (Lipinski definition) is 2. The van der Waals surface area contributed by atoms with Crippen molar-refractivity contribution in [3.05, 3.63) is 77.1 Å². The lowest BCUT2D eigenvalue weighted by molar-refractivity contribution is -0.117. The average Bonchev–Trinajstić information content (AvgIpc) is 2.79. The fraction of sp³-hybridized carbons (Fsp3) is 0.444. The zero-order valence-corrected chi connectivity index (χ0v) is 18.4. The molecule has 2 aliphatic rings. The molecule has 0 unspecified atom stereocenters. The van der Waals surface area contributed by atoms with Crippen LogP contribution in [0.2, 0.25) is 0 Å². The zero-order valence-electron chi connectivity index (χ0n) is 18.4. The Morgan fingerprint density at radius 3 is 2.45 bits per heavy atom. The van der Waals surface area contributed by atoms with Gasteiger partial charge in [0.25, 0.3) is 0 Å². The fourth-order valence-electron chi connectivity index (χ4n) is 5.24. The number of nitrogens with zero attached hydrogens (tertiary/aromatic N) is 1. The van der Waals surface area contributed by atoms with E-state index >= 15 is 0 Å². The third-order valence-corrected chi connectivity index (χ3v) is 6.99. The Balaban J connectivity index is 1.20. The van der Waals surface area contributed by atoms with E-state index in [2.05, 4.69) is 41.4 Å². The molecule has 31 heavy (non-hydrogen) atoms. The molecule has 2 aromatic carbocycles. The van der Waals surface area contributed by atoms with Crippen LogP contribution >= 0.6 is 0 Å². The van der Waals surface area contributed by atoms with Gasteiger partial charge in [-0.05, 0) is 99.4 Å². The second-order valence-corrected chi connectivity index (χ2v) is 9.07. The molecule has 1 saturated heterocycles. The number of benzene rings is 2. The van der Waals surface area contributed by atoms with Crippen LogP contribution in [0.5, 0.6) is 0 Å². The Kier molecular flexibility index (Phi) is 7.18. The Bertz CT molecular complexity index is 909. The van der Waals surface area contributed by atoms with Gasteiger partial charge in [0.1, 0.15) is 5.82 Å². The molecule has 1 aliphatic heterocycles. The average molecular weight is 421 g/mol. The van der Waals surface area contributed by atoms with Gasteiger partial charge in [-0.1, -0.05) is 36.4 Å². The summed E-state index contributed by atoms with van der Waals surface area (Å²) in [7, 11) is 0. The molecule has 1 aliphatic carbocycles. The van der Waals surface area contributed by atoms with Gasteiger partial charge in [-0.15, -0.1) is 0 Å². The maximum atomic E-state index is 13.2. The number of nitrogens with one attached hydrogen (secondary N) is 1. The molecular formula is C27H33FN2O. The molecule has 164 valence electrons. The molecule has 1 N–H and O–H groups in total. The molecule has 1 saturated carbocycles. The summed E-state index contributed by atoms with van der Waals surface area (Å²) in [6.45, 7) is 4.58. The lowest BCUT2D eigenvalue weighted by Crippen LogP contribution is -2.46. The lowest BCUT2D eigenvalue weighted by atomic mass is 9.84. The summed E-state index contributed by atoms with van der Waals surface area (Å²) in [5, 5.41) is 3.12. The number of piperidine rings is 1. The molecule has 0 bridgehead atoms. The number of rotatable bonds is 5. The topological polar surface area (TPSA) is 32.3 Å². The van der Waals surface area contributed by atoms with Crippen LogP contribution in [0.1, 0.15) is 61.1 Å². The van der Waals surface area contributed by atoms with Crippen molar-refractivity contribution < 1.29 is 9.18 Å². The predicted molar refractivity (Wildman–Crippen MR) is 124 cm³/mol. The molecule has 1 amide bonds. The minimum atomic E-state index is -0.288. The number of carbonyl (C=O) groups excluding carboxylic acids is 1. The van der Waals surface area contributed by atoms with Crippen molar-refractivity contribution in [2.45, 2.75) is 63.5 Å². The smallest absolute Gasteiger partial charge is 0.244 e. The van der Waals surface area contributed by atoms with Crippen molar-refractivity contribution in [3.8, 4) is 0 Å². The van der Waals surface area contributed by atoms with Gasteiger partial charge in [-0.2, -0.15) is 0 Å². The van der Waals surface area contributed by atoms with Crippen molar-refractivity contribution >= 4 is 12.0 Å². The van der Waals surface area contributed by atoms with E-state index in [1.165, 1.54) is 55.3 Å². The molecule has 1 heterocycles. The third kappa shape index (κ3) is 5.82. The van der Waals surface area contributed by atoms with E-state index in [0.717, 1.165) is 25.7 Å². The lowest BCUT2D eigenvalue weighted by Gasteiger charge is -2.41. The van der Waals surface area contributed by atoms with Gasteiger partial charge in [0.2, 0.25) is 5.91 Å². The second kappa shape index (κ2) is 10.2. The summed E-state index contributed by atoms with van der Waals surface area (Å²) < 4.78 is 13.2. The predicted octanol–water partition coefficient (Wildman–Crippen LogP) is 5.45. The third-order valence-electron chi connectivity index (χ3n) is 6.99. The van der Waals surface area contributed by atoms with Crippen LogP contribution in [0.3, 0.4) is 0 Å². The first-order valence-electron chi connectivity index (χ1n) is 11.6. The molecule has 3 nitrogen and oxygen atoms in total. The zero-order chi connectivity index (χ0) is 21.6. The molecule has 4 heteroatoms. The minimum Gasteiger partial charge on any atom is -0.350 e. The van der Waals surface area contributed by atoms with E-state index in [-0.39, 0.29) is 17.8 Å². The molecule has 0 spiro atoms. The van der Waals surface area contributed by atoms with Crippen LogP contribution in [0, 0.1) is 12.7 Å². The van der Waals surface area contributed by atoms with E-state index in [9.17, 15) is 9.18 Å². The summed E-state index contributed by atoms with van der Waals surface area (Å²) in [6.07, 6.45) is 10.0. The minimum absolute atomic E-state index is 0.0910. The second-order valence-electron chi connectivity index (χ2n) is 9.07. The molecule has 0 radical (unpaired) electrons. The quantitative estimate of drug-likeness (QED) is 0.652. The molecule has 0 atom stereocenters. The van der Waals surface area contributed by atoms with Gasteiger partial charge in [-0.3, -0.25) is 4.79 Å². The van der Waals surface area contributed by atoms with Gasteiger partial charge in [0.05, 0.1) is 0 Å². The van der Waals surface area contributed by atoms with Gasteiger partial charge in [-0.25, -0.2) is 4.39 Å². The van der Waals surface area contributed by atoms with Crippen LogP contribution in [-0.2, 0) is 4.79 Å². The first kappa shape index (κ1) is 21.8. The molecule has 0 aromatic heterocycles. The van der Waals surface area contributed by atoms with E-state index in [4.69, 9.17) is 0 Å². The van der Waals surface area contributed by atoms with Gasteiger partial charge in [0, 0.05) is 18.2 Å². The van der Waals surface area contributed by atoms with Crippen molar-refractivity contribution in [2.24, 2.45) is 0 Å². The monoisotopic (exact) mass is 420 g/mol. The van der Waals surface area contributed by atoms with Crippen LogP contribution in [-0.4, -0.2) is 36.0 Å². The van der Waals surface area contributed by atoms with E-state index < -0.39 is 0 Å². The highest BCUT2D eigenvalue weighted by molar-refractivity contribution is 5.91. The van der Waals surface area contributed by atoms with Crippen LogP contribution < -0.4 is 5.32 Å². The number of aryl methyl sites for hydroxylation is 1. The molecule has 2 aromatic rings. The van der Waals surface area contributed by atoms with Gasteiger partial charge >= 0.3 is 0 Å². The highest BCUT2D eigenvalue weighted by atomic mass is 19.1. The maximum absolute atomic E-state index is 13.2. The Labute approximate surface area is 185 Å². The number of hydrogen-bond donors (Lipinski definition) is 1. The number of carbonyl (C=O) groups is 1. The molecule has 4 rings (SSSR count). The summed E-state index contributed by atoms with van der Waals surface area (Å²) >= 11 is 0. The highest BCUT2D eigenvalue weighted by Crippen LogP contribution is 2.33. The highest BCUT2D eigenvalue weighted by Gasteiger charge is 2.30. The molecular weight excluding hydrogens is 387 g/mol. The Hall–Kier alpha value is -2.46. The van der Waals surface area contributed by atoms with E-state index in [1.807, 2.05) is 0 Å². The largest absolute Gasteiger partial charge is 0.350 e. The van der Waals surface area contributed by atoms with Gasteiger partial charge in [0.15, 0.2) is 0 Å². The number of halogens is 1. The summed E-state index contributed by atoms with van der Waals surface area (Å²) in [5.74, 6) is 0.313. The van der Waals surface area contributed by atoms with E-state index in [1.54, 1.807) is 18.2 Å². The van der Waals surface area contributed by atoms with Crippen molar-refractivity contribution in [3.63, 3.8) is 0 Å². The van der Waals surface area contributed by atoms with Crippen molar-refractivity contribution in [2.75, 3.05) is 13.1 Å². The summed E-state index contributed by atoms with van der Waals surface area (Å²) in [5.41, 5.74) is 3.65. The van der Waals surface area contributed by atoms with Crippen LogP contribution in [0.15, 0.2) is 54.6 Å². The first-order chi connectivity index (χ1) is 15.1. The SMILES string of the molecule is Cc1ccccc1C1CCN(C2CCC(NC(=O)/C=C/c3cccc(F)c3)CC2)CC1.